The molecule has 82 valence electrons. The number of nitrogens with zero attached hydrogens (tertiary/aromatic N) is 2. The maximum Gasteiger partial charge on any atom is 0.143 e. The van der Waals surface area contributed by atoms with Gasteiger partial charge >= 0.3 is 0 Å². The maximum atomic E-state index is 4.65. The minimum absolute atomic E-state index is 0.597. The summed E-state index contributed by atoms with van der Waals surface area (Å²) in [6.07, 6.45) is 2.22. The highest BCUT2D eigenvalue weighted by Gasteiger charge is 2.37. The third-order valence-corrected chi connectivity index (χ3v) is 4.08. The molecule has 0 radical (unpaired) electrons. The molecule has 0 amide bonds. The van der Waals surface area contributed by atoms with Crippen molar-refractivity contribution in [2.24, 2.45) is 5.92 Å². The van der Waals surface area contributed by atoms with Gasteiger partial charge in [-0.25, -0.2) is 9.97 Å². The van der Waals surface area contributed by atoms with E-state index in [1.807, 2.05) is 7.05 Å². The number of nitrogens with one attached hydrogen (secondary N) is 1. The fourth-order valence-electron chi connectivity index (χ4n) is 1.76. The first-order valence-electron chi connectivity index (χ1n) is 5.41. The number of halogens is 1. The lowest BCUT2D eigenvalue weighted by molar-refractivity contribution is 0.818. The molecule has 0 bridgehead atoms. The average Bonchev–Trinajstić information content (AvgIpc) is 2.96. The Kier molecular flexibility index (Phi) is 3.13. The molecule has 1 saturated carbocycles. The molecule has 1 aliphatic rings. The summed E-state index contributed by atoms with van der Waals surface area (Å²) >= 11 is 2.32. The van der Waals surface area contributed by atoms with E-state index in [-0.39, 0.29) is 0 Å². The topological polar surface area (TPSA) is 37.8 Å². The number of hydrogen-bond donors (Lipinski definition) is 1. The minimum Gasteiger partial charge on any atom is -0.372 e. The normalized spacial score (nSPS) is 24.0. The molecular weight excluding hydrogens is 301 g/mol. The van der Waals surface area contributed by atoms with E-state index in [1.54, 1.807) is 0 Å². The second-order valence-corrected chi connectivity index (χ2v) is 5.19. The summed E-state index contributed by atoms with van der Waals surface area (Å²) in [5.41, 5.74) is 1.17. The average molecular weight is 317 g/mol. The third kappa shape index (κ3) is 2.09. The van der Waals surface area contributed by atoms with Crippen molar-refractivity contribution >= 4 is 28.4 Å². The summed E-state index contributed by atoms with van der Waals surface area (Å²) in [7, 11) is 1.92. The molecule has 2 unspecified atom stereocenters. The summed E-state index contributed by atoms with van der Waals surface area (Å²) < 4.78 is 1.16. The van der Waals surface area contributed by atoms with Gasteiger partial charge in [-0.15, -0.1) is 0 Å². The van der Waals surface area contributed by atoms with Crippen molar-refractivity contribution < 1.29 is 0 Å². The van der Waals surface area contributed by atoms with Crippen LogP contribution in [-0.2, 0) is 6.42 Å². The first-order valence-corrected chi connectivity index (χ1v) is 6.49. The molecule has 1 aliphatic carbocycles. The zero-order chi connectivity index (χ0) is 11.0. The molecule has 15 heavy (non-hydrogen) atoms. The van der Waals surface area contributed by atoms with Crippen LogP contribution in [0.25, 0.3) is 0 Å². The zero-order valence-corrected chi connectivity index (χ0v) is 11.5. The van der Waals surface area contributed by atoms with Gasteiger partial charge in [0.05, 0.1) is 9.26 Å². The van der Waals surface area contributed by atoms with Gasteiger partial charge in [-0.3, -0.25) is 0 Å². The lowest BCUT2D eigenvalue weighted by Crippen LogP contribution is -2.06. The van der Waals surface area contributed by atoms with Crippen molar-refractivity contribution in [1.82, 2.24) is 9.97 Å². The van der Waals surface area contributed by atoms with Gasteiger partial charge in [0, 0.05) is 13.0 Å². The SMILES string of the molecule is CCc1nc(C2CC2C)nc(NC)c1I. The predicted molar refractivity (Wildman–Crippen MR) is 70.2 cm³/mol. The first-order chi connectivity index (χ1) is 7.17. The van der Waals surface area contributed by atoms with Crippen molar-refractivity contribution in [3.05, 3.63) is 15.1 Å². The van der Waals surface area contributed by atoms with Crippen LogP contribution in [0.4, 0.5) is 5.82 Å². The number of rotatable bonds is 3. The first kappa shape index (κ1) is 11.1. The van der Waals surface area contributed by atoms with Gasteiger partial charge in [0.2, 0.25) is 0 Å². The fourth-order valence-corrected chi connectivity index (χ4v) is 2.65. The van der Waals surface area contributed by atoms with Crippen molar-refractivity contribution in [1.29, 1.82) is 0 Å². The molecule has 2 atom stereocenters. The summed E-state index contributed by atoms with van der Waals surface area (Å²) in [5, 5.41) is 3.15. The minimum atomic E-state index is 0.597. The molecular formula is C11H16IN3. The van der Waals surface area contributed by atoms with Crippen molar-refractivity contribution in [2.75, 3.05) is 12.4 Å². The highest BCUT2D eigenvalue weighted by molar-refractivity contribution is 14.1. The Hall–Kier alpha value is -0.390. The Bertz CT molecular complexity index is 353. The van der Waals surface area contributed by atoms with E-state index < -0.39 is 0 Å². The van der Waals surface area contributed by atoms with Crippen molar-refractivity contribution in [3.8, 4) is 0 Å². The van der Waals surface area contributed by atoms with Gasteiger partial charge in [-0.05, 0) is 41.4 Å². The molecule has 0 saturated heterocycles. The smallest absolute Gasteiger partial charge is 0.143 e. The van der Waals surface area contributed by atoms with Crippen LogP contribution in [0.3, 0.4) is 0 Å². The molecule has 4 heteroatoms. The Morgan fingerprint density at radius 3 is 2.60 bits per heavy atom. The van der Waals surface area contributed by atoms with Crippen LogP contribution in [0.2, 0.25) is 0 Å². The monoisotopic (exact) mass is 317 g/mol. The second kappa shape index (κ2) is 4.23. The van der Waals surface area contributed by atoms with E-state index in [0.29, 0.717) is 5.92 Å². The van der Waals surface area contributed by atoms with Crippen LogP contribution in [-0.4, -0.2) is 17.0 Å². The van der Waals surface area contributed by atoms with Crippen LogP contribution in [0.1, 0.15) is 37.7 Å². The molecule has 1 N–H and O–H groups in total. The molecule has 0 aliphatic heterocycles. The number of aromatic nitrogens is 2. The van der Waals surface area contributed by atoms with Crippen LogP contribution in [0.15, 0.2) is 0 Å². The Balaban J connectivity index is 2.40. The lowest BCUT2D eigenvalue weighted by Gasteiger charge is -2.09. The van der Waals surface area contributed by atoms with Crippen molar-refractivity contribution in [2.45, 2.75) is 32.6 Å². The molecule has 1 heterocycles. The van der Waals surface area contributed by atoms with E-state index in [1.165, 1.54) is 12.1 Å². The predicted octanol–water partition coefficient (Wildman–Crippen LogP) is 2.81. The largest absolute Gasteiger partial charge is 0.372 e. The van der Waals surface area contributed by atoms with Gasteiger partial charge in [0.25, 0.3) is 0 Å². The molecule has 3 nitrogen and oxygen atoms in total. The number of hydrogen-bond acceptors (Lipinski definition) is 3. The van der Waals surface area contributed by atoms with Crippen LogP contribution >= 0.6 is 22.6 Å². The Labute approximate surface area is 104 Å². The van der Waals surface area contributed by atoms with E-state index in [0.717, 1.165) is 27.6 Å². The number of aryl methyl sites for hydroxylation is 1. The van der Waals surface area contributed by atoms with Gasteiger partial charge in [0.15, 0.2) is 0 Å². The van der Waals surface area contributed by atoms with E-state index in [9.17, 15) is 0 Å². The van der Waals surface area contributed by atoms with Crippen LogP contribution in [0.5, 0.6) is 0 Å². The highest BCUT2D eigenvalue weighted by atomic mass is 127. The molecule has 0 aromatic carbocycles. The van der Waals surface area contributed by atoms with Crippen LogP contribution in [0, 0.1) is 9.49 Å². The summed E-state index contributed by atoms with van der Waals surface area (Å²) in [4.78, 5) is 9.24. The van der Waals surface area contributed by atoms with Gasteiger partial charge in [-0.1, -0.05) is 13.8 Å². The lowest BCUT2D eigenvalue weighted by atomic mass is 10.2. The molecule has 1 aromatic heterocycles. The van der Waals surface area contributed by atoms with Gasteiger partial charge < -0.3 is 5.32 Å². The van der Waals surface area contributed by atoms with Crippen LogP contribution < -0.4 is 5.32 Å². The highest BCUT2D eigenvalue weighted by Crippen LogP contribution is 2.45. The molecule has 2 rings (SSSR count). The standard InChI is InChI=1S/C11H16IN3/c1-4-8-9(12)11(13-3)15-10(14-8)7-5-6(7)2/h6-7H,4-5H2,1-3H3,(H,13,14,15). The van der Waals surface area contributed by atoms with Crippen molar-refractivity contribution in [3.63, 3.8) is 0 Å². The Morgan fingerprint density at radius 1 is 1.47 bits per heavy atom. The van der Waals surface area contributed by atoms with E-state index in [4.69, 9.17) is 0 Å². The maximum absolute atomic E-state index is 4.65. The fraction of sp³-hybridized carbons (Fsp3) is 0.636. The van der Waals surface area contributed by atoms with Gasteiger partial charge in [-0.2, -0.15) is 0 Å². The molecule has 1 fully saturated rings. The quantitative estimate of drug-likeness (QED) is 0.871. The summed E-state index contributed by atoms with van der Waals surface area (Å²) in [5.74, 6) is 3.37. The summed E-state index contributed by atoms with van der Waals surface area (Å²) in [6, 6.07) is 0. The number of anilines is 1. The molecule has 1 aromatic rings. The zero-order valence-electron chi connectivity index (χ0n) is 9.34. The molecule has 0 spiro atoms. The second-order valence-electron chi connectivity index (χ2n) is 4.11. The summed E-state index contributed by atoms with van der Waals surface area (Å²) in [6.45, 7) is 4.40. The van der Waals surface area contributed by atoms with E-state index >= 15 is 0 Å². The van der Waals surface area contributed by atoms with E-state index in [2.05, 4.69) is 51.7 Å². The van der Waals surface area contributed by atoms with Gasteiger partial charge in [0.1, 0.15) is 11.6 Å². The Morgan fingerprint density at radius 2 is 2.13 bits per heavy atom. The third-order valence-electron chi connectivity index (χ3n) is 2.95.